The lowest BCUT2D eigenvalue weighted by molar-refractivity contribution is 0.193. The molecule has 0 amide bonds. The van der Waals surface area contributed by atoms with Crippen LogP contribution in [-0.2, 0) is 6.42 Å². The molecule has 0 bridgehead atoms. The van der Waals surface area contributed by atoms with Gasteiger partial charge in [-0.25, -0.2) is 23.7 Å². The van der Waals surface area contributed by atoms with Gasteiger partial charge < -0.3 is 10.1 Å². The number of nitrogens with zero attached hydrogens (tertiary/aromatic N) is 4. The maximum atomic E-state index is 14.4. The van der Waals surface area contributed by atoms with Gasteiger partial charge in [0.15, 0.2) is 11.5 Å². The van der Waals surface area contributed by atoms with Crippen LogP contribution in [0, 0.1) is 24.4 Å². The van der Waals surface area contributed by atoms with Crippen LogP contribution in [0.15, 0.2) is 35.5 Å². The second-order valence-corrected chi connectivity index (χ2v) is 6.90. The summed E-state index contributed by atoms with van der Waals surface area (Å²) >= 11 is 0. The molecule has 0 radical (unpaired) electrons. The standard InChI is InChI=1S/C20H16F3N5O2/c1-9-3-13(22)11(4-12(9)21)5-15-19-25-7-17(10(2)29)28(19)8-16(26-15)18-24-6-14(23)20(30)27-18/h3-4,6-8,10,29H,5H2,1-2H3,(H,24,27,30). The van der Waals surface area contributed by atoms with Gasteiger partial charge in [0.2, 0.25) is 5.82 Å². The molecule has 7 nitrogen and oxygen atoms in total. The Morgan fingerprint density at radius 3 is 2.60 bits per heavy atom. The van der Waals surface area contributed by atoms with E-state index < -0.39 is 29.1 Å². The highest BCUT2D eigenvalue weighted by atomic mass is 19.1. The van der Waals surface area contributed by atoms with E-state index in [1.54, 1.807) is 0 Å². The highest BCUT2D eigenvalue weighted by Gasteiger charge is 2.18. The van der Waals surface area contributed by atoms with Crippen molar-refractivity contribution in [3.05, 3.63) is 81.0 Å². The number of fused-ring (bicyclic) bond motifs is 1. The number of imidazole rings is 1. The smallest absolute Gasteiger partial charge is 0.287 e. The third-order valence-electron chi connectivity index (χ3n) is 4.70. The second kappa shape index (κ2) is 7.38. The zero-order valence-electron chi connectivity index (χ0n) is 15.9. The molecule has 30 heavy (non-hydrogen) atoms. The molecule has 1 aromatic carbocycles. The third-order valence-corrected chi connectivity index (χ3v) is 4.70. The van der Waals surface area contributed by atoms with Crippen molar-refractivity contribution in [1.82, 2.24) is 24.3 Å². The summed E-state index contributed by atoms with van der Waals surface area (Å²) in [6.07, 6.45) is 2.66. The maximum Gasteiger partial charge on any atom is 0.287 e. The van der Waals surface area contributed by atoms with Crippen molar-refractivity contribution in [2.75, 3.05) is 0 Å². The number of aliphatic hydroxyl groups is 1. The number of aliphatic hydroxyl groups excluding tert-OH is 1. The molecule has 3 heterocycles. The van der Waals surface area contributed by atoms with E-state index in [9.17, 15) is 23.1 Å². The van der Waals surface area contributed by atoms with E-state index in [1.165, 1.54) is 30.6 Å². The first-order valence-electron chi connectivity index (χ1n) is 8.99. The molecule has 0 aliphatic carbocycles. The molecule has 0 aliphatic rings. The molecule has 0 spiro atoms. The van der Waals surface area contributed by atoms with Gasteiger partial charge in [-0.1, -0.05) is 0 Å². The van der Waals surface area contributed by atoms with Crippen molar-refractivity contribution in [3.8, 4) is 11.5 Å². The van der Waals surface area contributed by atoms with Crippen LogP contribution in [0.4, 0.5) is 13.2 Å². The number of benzene rings is 1. The van der Waals surface area contributed by atoms with Gasteiger partial charge in [-0.3, -0.25) is 9.20 Å². The molecule has 4 aromatic rings. The predicted octanol–water partition coefficient (Wildman–Crippen LogP) is 2.85. The highest BCUT2D eigenvalue weighted by molar-refractivity contribution is 5.56. The Morgan fingerprint density at radius 2 is 1.90 bits per heavy atom. The first-order valence-corrected chi connectivity index (χ1v) is 8.99. The molecule has 0 saturated carbocycles. The summed E-state index contributed by atoms with van der Waals surface area (Å²) in [6.45, 7) is 3.00. The fourth-order valence-electron chi connectivity index (χ4n) is 3.12. The minimum Gasteiger partial charge on any atom is -0.387 e. The molecule has 4 rings (SSSR count). The van der Waals surface area contributed by atoms with Gasteiger partial charge in [0, 0.05) is 12.6 Å². The van der Waals surface area contributed by atoms with Crippen molar-refractivity contribution in [1.29, 1.82) is 0 Å². The monoisotopic (exact) mass is 415 g/mol. The Morgan fingerprint density at radius 1 is 1.13 bits per heavy atom. The lowest BCUT2D eigenvalue weighted by Crippen LogP contribution is -2.14. The molecule has 3 aromatic heterocycles. The van der Waals surface area contributed by atoms with Crippen LogP contribution in [0.3, 0.4) is 0 Å². The van der Waals surface area contributed by atoms with Gasteiger partial charge in [-0.05, 0) is 37.1 Å². The Labute approximate surface area is 167 Å². The quantitative estimate of drug-likeness (QED) is 0.534. The number of aromatic nitrogens is 5. The molecular weight excluding hydrogens is 399 g/mol. The molecule has 0 fully saturated rings. The van der Waals surface area contributed by atoms with Crippen molar-refractivity contribution < 1.29 is 18.3 Å². The van der Waals surface area contributed by atoms with Gasteiger partial charge in [-0.2, -0.15) is 4.39 Å². The first-order chi connectivity index (χ1) is 14.2. The fourth-order valence-corrected chi connectivity index (χ4v) is 3.12. The number of nitrogens with one attached hydrogen (secondary N) is 1. The number of rotatable bonds is 4. The SMILES string of the molecule is Cc1cc(F)c(Cc2nc(-c3ncc(F)c(=O)[nH]3)cn3c(C(C)O)cnc23)cc1F. The molecule has 154 valence electrons. The van der Waals surface area contributed by atoms with Gasteiger partial charge in [0.1, 0.15) is 17.3 Å². The Hall–Kier alpha value is -3.53. The molecule has 1 atom stereocenters. The number of H-pyrrole nitrogens is 1. The van der Waals surface area contributed by atoms with E-state index >= 15 is 0 Å². The summed E-state index contributed by atoms with van der Waals surface area (Å²) in [6, 6.07) is 2.18. The average Bonchev–Trinajstić information content (AvgIpc) is 3.12. The van der Waals surface area contributed by atoms with Gasteiger partial charge in [0.25, 0.3) is 5.56 Å². The Balaban J connectivity index is 1.93. The van der Waals surface area contributed by atoms with Crippen molar-refractivity contribution in [2.24, 2.45) is 0 Å². The maximum absolute atomic E-state index is 14.4. The number of halogens is 3. The normalized spacial score (nSPS) is 12.5. The van der Waals surface area contributed by atoms with E-state index in [4.69, 9.17) is 0 Å². The van der Waals surface area contributed by atoms with E-state index in [0.29, 0.717) is 11.3 Å². The molecule has 0 saturated heterocycles. The third kappa shape index (κ3) is 3.45. The Kier molecular flexibility index (Phi) is 4.86. The van der Waals surface area contributed by atoms with Crippen LogP contribution < -0.4 is 5.56 Å². The van der Waals surface area contributed by atoms with E-state index in [1.807, 2.05) is 0 Å². The van der Waals surface area contributed by atoms with Crippen molar-refractivity contribution in [2.45, 2.75) is 26.4 Å². The zero-order chi connectivity index (χ0) is 21.6. The minimum atomic E-state index is -1.05. The highest BCUT2D eigenvalue weighted by Crippen LogP contribution is 2.24. The summed E-state index contributed by atoms with van der Waals surface area (Å²) < 4.78 is 43.2. The molecule has 0 aliphatic heterocycles. The molecule has 10 heteroatoms. The van der Waals surface area contributed by atoms with E-state index in [-0.39, 0.29) is 34.8 Å². The lowest BCUT2D eigenvalue weighted by Gasteiger charge is -2.11. The van der Waals surface area contributed by atoms with Crippen molar-refractivity contribution >= 4 is 5.65 Å². The number of aromatic amines is 1. The number of hydrogen-bond donors (Lipinski definition) is 2. The molecular formula is C20H16F3N5O2. The largest absolute Gasteiger partial charge is 0.387 e. The lowest BCUT2D eigenvalue weighted by atomic mass is 10.1. The summed E-state index contributed by atoms with van der Waals surface area (Å²) in [5, 5.41) is 10.0. The van der Waals surface area contributed by atoms with Crippen molar-refractivity contribution in [3.63, 3.8) is 0 Å². The fraction of sp³-hybridized carbons (Fsp3) is 0.200. The summed E-state index contributed by atoms with van der Waals surface area (Å²) in [5.74, 6) is -2.24. The van der Waals surface area contributed by atoms with Gasteiger partial charge >= 0.3 is 0 Å². The van der Waals surface area contributed by atoms with Crippen LogP contribution in [0.25, 0.3) is 17.2 Å². The van der Waals surface area contributed by atoms with Crippen LogP contribution in [0.5, 0.6) is 0 Å². The topological polar surface area (TPSA) is 96.2 Å². The summed E-state index contributed by atoms with van der Waals surface area (Å²) in [7, 11) is 0. The van der Waals surface area contributed by atoms with Crippen LogP contribution in [-0.4, -0.2) is 29.4 Å². The van der Waals surface area contributed by atoms with Gasteiger partial charge in [0.05, 0.1) is 29.9 Å². The minimum absolute atomic E-state index is 0.0228. The zero-order valence-corrected chi connectivity index (χ0v) is 15.9. The van der Waals surface area contributed by atoms with Gasteiger partial charge in [-0.15, -0.1) is 0 Å². The summed E-state index contributed by atoms with van der Waals surface area (Å²) in [4.78, 5) is 26.4. The Bertz CT molecular complexity index is 1330. The first kappa shape index (κ1) is 19.8. The van der Waals surface area contributed by atoms with Crippen LogP contribution in [0.1, 0.15) is 35.5 Å². The van der Waals surface area contributed by atoms with E-state index in [0.717, 1.165) is 18.3 Å². The molecule has 1 unspecified atom stereocenters. The van der Waals surface area contributed by atoms with Crippen LogP contribution >= 0.6 is 0 Å². The summed E-state index contributed by atoms with van der Waals surface area (Å²) in [5.41, 5.74) is 0.391. The molecule has 2 N–H and O–H groups in total. The number of aryl methyl sites for hydroxylation is 1. The average molecular weight is 415 g/mol. The predicted molar refractivity (Wildman–Crippen MR) is 101 cm³/mol. The van der Waals surface area contributed by atoms with Crippen LogP contribution in [0.2, 0.25) is 0 Å². The second-order valence-electron chi connectivity index (χ2n) is 6.90. The number of hydrogen-bond acceptors (Lipinski definition) is 5. The van der Waals surface area contributed by atoms with E-state index in [2.05, 4.69) is 19.9 Å².